The lowest BCUT2D eigenvalue weighted by Crippen LogP contribution is -2.11. The molecule has 0 atom stereocenters. The molecule has 6 rings (SSSR count). The Hall–Kier alpha value is -5.08. The van der Waals surface area contributed by atoms with Gasteiger partial charge in [0.05, 0.1) is 0 Å². The molecule has 0 aliphatic carbocycles. The maximum atomic E-state index is 2.37. The molecule has 0 aromatic heterocycles. The molecule has 0 unspecified atom stereocenters. The van der Waals surface area contributed by atoms with Gasteiger partial charge in [0.2, 0.25) is 0 Å². The molecule has 6 aromatic rings. The second-order valence-electron chi connectivity index (χ2n) is 12.7. The summed E-state index contributed by atoms with van der Waals surface area (Å²) in [5, 5.41) is 0. The van der Waals surface area contributed by atoms with Crippen molar-refractivity contribution in [1.82, 2.24) is 0 Å². The molecule has 0 radical (unpaired) electrons. The third-order valence-corrected chi connectivity index (χ3v) is 9.64. The van der Waals surface area contributed by atoms with E-state index in [0.717, 1.165) is 37.1 Å². The predicted molar refractivity (Wildman–Crippen MR) is 208 cm³/mol. The van der Waals surface area contributed by atoms with Crippen molar-refractivity contribution in [2.75, 3.05) is 9.80 Å². The van der Waals surface area contributed by atoms with Crippen LogP contribution in [-0.4, -0.2) is 0 Å². The van der Waals surface area contributed by atoms with Crippen LogP contribution in [0.25, 0.3) is 11.1 Å². The van der Waals surface area contributed by atoms with E-state index in [-0.39, 0.29) is 0 Å². The molecule has 0 aliphatic heterocycles. The normalized spacial score (nSPS) is 11.0. The van der Waals surface area contributed by atoms with Gasteiger partial charge in [0, 0.05) is 34.1 Å². The largest absolute Gasteiger partial charge is 0.310 e. The summed E-state index contributed by atoms with van der Waals surface area (Å²) in [5.41, 5.74) is 17.4. The monoisotopic (exact) mass is 628 g/mol. The van der Waals surface area contributed by atoms with Crippen molar-refractivity contribution in [1.29, 1.82) is 0 Å². The van der Waals surface area contributed by atoms with Gasteiger partial charge in [-0.2, -0.15) is 0 Å². The van der Waals surface area contributed by atoms with Crippen LogP contribution in [0.4, 0.5) is 34.1 Å². The summed E-state index contributed by atoms with van der Waals surface area (Å²) in [6.45, 7) is 13.3. The van der Waals surface area contributed by atoms with E-state index >= 15 is 0 Å². The molecular formula is C46H48N2. The Morgan fingerprint density at radius 1 is 0.312 bits per heavy atom. The molecule has 48 heavy (non-hydrogen) atoms. The van der Waals surface area contributed by atoms with E-state index in [1.165, 1.54) is 67.3 Å². The lowest BCUT2D eigenvalue weighted by molar-refractivity contribution is 1.13. The lowest BCUT2D eigenvalue weighted by atomic mass is 9.95. The number of hydrogen-bond donors (Lipinski definition) is 0. The number of rotatable bonds is 11. The molecule has 0 fully saturated rings. The van der Waals surface area contributed by atoms with E-state index in [2.05, 4.69) is 185 Å². The van der Waals surface area contributed by atoms with Gasteiger partial charge in [0.15, 0.2) is 0 Å². The first-order chi connectivity index (χ1) is 23.4. The van der Waals surface area contributed by atoms with E-state index < -0.39 is 0 Å². The van der Waals surface area contributed by atoms with Crippen LogP contribution < -0.4 is 9.80 Å². The van der Waals surface area contributed by atoms with Crippen molar-refractivity contribution in [3.05, 3.63) is 167 Å². The summed E-state index contributed by atoms with van der Waals surface area (Å²) in [5.74, 6) is 0. The Bertz CT molecular complexity index is 1710. The molecule has 0 N–H and O–H groups in total. The van der Waals surface area contributed by atoms with Crippen LogP contribution in [0.15, 0.2) is 133 Å². The first kappa shape index (κ1) is 32.8. The quantitative estimate of drug-likeness (QED) is 0.141. The molecule has 0 heterocycles. The standard InChI is InChI=1S/C46H48N2/c1-7-35-11-19-39(20-12-35)47(40-21-13-36(8-2)14-22-40)43-27-29-45(33(5)31-43)46-30-28-44(32-34(46)6)48(41-23-15-37(9-3)16-24-41)42-25-17-38(10-4)18-26-42/h11-32H,7-10H2,1-6H3. The first-order valence-corrected chi connectivity index (χ1v) is 17.6. The second-order valence-corrected chi connectivity index (χ2v) is 12.7. The van der Waals surface area contributed by atoms with Gasteiger partial charge < -0.3 is 9.80 Å². The van der Waals surface area contributed by atoms with Crippen LogP contribution in [0, 0.1) is 13.8 Å². The van der Waals surface area contributed by atoms with Crippen molar-refractivity contribution in [3.63, 3.8) is 0 Å². The fraction of sp³-hybridized carbons (Fsp3) is 0.217. The van der Waals surface area contributed by atoms with Gasteiger partial charge in [-0.05, 0) is 157 Å². The van der Waals surface area contributed by atoms with Gasteiger partial charge in [-0.3, -0.25) is 0 Å². The van der Waals surface area contributed by atoms with Gasteiger partial charge in [0.1, 0.15) is 0 Å². The minimum atomic E-state index is 1.03. The molecule has 0 saturated carbocycles. The highest BCUT2D eigenvalue weighted by atomic mass is 15.1. The Balaban J connectivity index is 1.37. The highest BCUT2D eigenvalue weighted by molar-refractivity contribution is 5.83. The van der Waals surface area contributed by atoms with Crippen LogP contribution >= 0.6 is 0 Å². The third-order valence-electron chi connectivity index (χ3n) is 9.64. The van der Waals surface area contributed by atoms with Crippen molar-refractivity contribution >= 4 is 34.1 Å². The fourth-order valence-corrected chi connectivity index (χ4v) is 6.60. The zero-order chi connectivity index (χ0) is 33.6. The number of benzene rings is 6. The van der Waals surface area contributed by atoms with Gasteiger partial charge in [0.25, 0.3) is 0 Å². The van der Waals surface area contributed by atoms with E-state index in [1.807, 2.05) is 0 Å². The molecule has 2 heteroatoms. The summed E-state index contributed by atoms with van der Waals surface area (Å²) in [6.07, 6.45) is 4.13. The van der Waals surface area contributed by atoms with Crippen molar-refractivity contribution in [3.8, 4) is 11.1 Å². The Kier molecular flexibility index (Phi) is 10.1. The Morgan fingerprint density at radius 3 is 0.750 bits per heavy atom. The molecule has 0 amide bonds. The topological polar surface area (TPSA) is 6.48 Å². The van der Waals surface area contributed by atoms with Crippen LogP contribution in [0.3, 0.4) is 0 Å². The minimum Gasteiger partial charge on any atom is -0.310 e. The molecule has 242 valence electrons. The lowest BCUT2D eigenvalue weighted by Gasteiger charge is -2.28. The highest BCUT2D eigenvalue weighted by Crippen LogP contribution is 2.40. The van der Waals surface area contributed by atoms with Crippen LogP contribution in [0.2, 0.25) is 0 Å². The van der Waals surface area contributed by atoms with Gasteiger partial charge in [-0.1, -0.05) is 88.4 Å². The summed E-state index contributed by atoms with van der Waals surface area (Å²) in [4.78, 5) is 4.74. The summed E-state index contributed by atoms with van der Waals surface area (Å²) in [6, 6.07) is 49.7. The molecule has 0 bridgehead atoms. The highest BCUT2D eigenvalue weighted by Gasteiger charge is 2.17. The molecule has 6 aromatic carbocycles. The second kappa shape index (κ2) is 14.8. The molecule has 0 saturated heterocycles. The summed E-state index contributed by atoms with van der Waals surface area (Å²) in [7, 11) is 0. The van der Waals surface area contributed by atoms with Crippen molar-refractivity contribution in [2.45, 2.75) is 67.2 Å². The zero-order valence-corrected chi connectivity index (χ0v) is 29.4. The van der Waals surface area contributed by atoms with E-state index in [1.54, 1.807) is 0 Å². The maximum Gasteiger partial charge on any atom is 0.0464 e. The fourth-order valence-electron chi connectivity index (χ4n) is 6.60. The van der Waals surface area contributed by atoms with Crippen LogP contribution in [-0.2, 0) is 25.7 Å². The number of anilines is 6. The van der Waals surface area contributed by atoms with E-state index in [0.29, 0.717) is 0 Å². The Morgan fingerprint density at radius 2 is 0.542 bits per heavy atom. The Labute approximate surface area is 288 Å². The van der Waals surface area contributed by atoms with Gasteiger partial charge in [-0.25, -0.2) is 0 Å². The minimum absolute atomic E-state index is 1.03. The van der Waals surface area contributed by atoms with Crippen molar-refractivity contribution < 1.29 is 0 Å². The third kappa shape index (κ3) is 6.94. The average molecular weight is 629 g/mol. The first-order valence-electron chi connectivity index (χ1n) is 17.6. The summed E-state index contributed by atoms with van der Waals surface area (Å²) >= 11 is 0. The average Bonchev–Trinajstić information content (AvgIpc) is 3.13. The van der Waals surface area contributed by atoms with Crippen molar-refractivity contribution in [2.24, 2.45) is 0 Å². The molecule has 0 spiro atoms. The zero-order valence-electron chi connectivity index (χ0n) is 29.4. The number of aryl methyl sites for hydroxylation is 6. The molecule has 0 aliphatic rings. The van der Waals surface area contributed by atoms with Crippen LogP contribution in [0.1, 0.15) is 61.1 Å². The van der Waals surface area contributed by atoms with Crippen LogP contribution in [0.5, 0.6) is 0 Å². The maximum absolute atomic E-state index is 2.37. The smallest absolute Gasteiger partial charge is 0.0464 e. The SMILES string of the molecule is CCc1ccc(N(c2ccc(CC)cc2)c2ccc(-c3ccc(N(c4ccc(CC)cc4)c4ccc(CC)cc4)cc3C)c(C)c2)cc1. The molecule has 2 nitrogen and oxygen atoms in total. The van der Waals surface area contributed by atoms with E-state index in [4.69, 9.17) is 0 Å². The number of nitrogens with zero attached hydrogens (tertiary/aromatic N) is 2. The molecular weight excluding hydrogens is 581 g/mol. The predicted octanol–water partition coefficient (Wildman–Crippen LogP) is 13.2. The van der Waals surface area contributed by atoms with Gasteiger partial charge >= 0.3 is 0 Å². The van der Waals surface area contributed by atoms with Gasteiger partial charge in [-0.15, -0.1) is 0 Å². The number of hydrogen-bond acceptors (Lipinski definition) is 2. The van der Waals surface area contributed by atoms with E-state index in [9.17, 15) is 0 Å². The summed E-state index contributed by atoms with van der Waals surface area (Å²) < 4.78 is 0.